The molecule has 0 unspecified atom stereocenters. The predicted octanol–water partition coefficient (Wildman–Crippen LogP) is 1.73. The minimum absolute atomic E-state index is 0.0258. The van der Waals surface area contributed by atoms with Crippen LogP contribution in [0.15, 0.2) is 24.3 Å². The van der Waals surface area contributed by atoms with Crippen LogP contribution in [0.2, 0.25) is 0 Å². The fourth-order valence-corrected chi connectivity index (χ4v) is 2.50. The lowest BCUT2D eigenvalue weighted by atomic mass is 10.1. The summed E-state index contributed by atoms with van der Waals surface area (Å²) in [6.45, 7) is 2.71. The van der Waals surface area contributed by atoms with Crippen LogP contribution in [0.3, 0.4) is 0 Å². The van der Waals surface area contributed by atoms with Gasteiger partial charge in [-0.1, -0.05) is 6.07 Å². The van der Waals surface area contributed by atoms with Crippen molar-refractivity contribution in [1.82, 2.24) is 4.90 Å². The van der Waals surface area contributed by atoms with E-state index >= 15 is 0 Å². The van der Waals surface area contributed by atoms with E-state index in [1.165, 1.54) is 0 Å². The van der Waals surface area contributed by atoms with E-state index in [0.29, 0.717) is 17.7 Å². The van der Waals surface area contributed by atoms with Crippen molar-refractivity contribution in [3.05, 3.63) is 29.8 Å². The number of piperidine rings is 1. The number of hydrogen-bond donors (Lipinski definition) is 2. The van der Waals surface area contributed by atoms with Crippen LogP contribution in [0.4, 0.5) is 5.69 Å². The van der Waals surface area contributed by atoms with Gasteiger partial charge in [-0.25, -0.2) is 0 Å². The van der Waals surface area contributed by atoms with Crippen molar-refractivity contribution in [1.29, 1.82) is 5.26 Å². The number of rotatable bonds is 5. The van der Waals surface area contributed by atoms with E-state index in [1.807, 2.05) is 0 Å². The molecule has 0 radical (unpaired) electrons. The Hall–Kier alpha value is -1.90. The molecule has 0 aromatic heterocycles. The van der Waals surface area contributed by atoms with E-state index in [2.05, 4.69) is 16.3 Å². The highest BCUT2D eigenvalue weighted by Crippen LogP contribution is 2.12. The van der Waals surface area contributed by atoms with E-state index in [1.54, 1.807) is 24.3 Å². The quantitative estimate of drug-likeness (QED) is 0.864. The third-order valence-electron chi connectivity index (χ3n) is 3.71. The number of likely N-dealkylation sites (tertiary alicyclic amines) is 1. The number of carbonyl (C=O) groups excluding carboxylic acids is 1. The zero-order valence-electron chi connectivity index (χ0n) is 12.1. The van der Waals surface area contributed by atoms with Gasteiger partial charge in [0.25, 0.3) is 0 Å². The van der Waals surface area contributed by atoms with Crippen LogP contribution in [0, 0.1) is 11.3 Å². The standard InChI is InChI=1S/C16H21N3O2/c17-12-13-3-1-4-14(11-13)18-16(21)5-2-8-19-9-6-15(20)7-10-19/h1,3-4,11,15,20H,2,5-10H2,(H,18,21). The lowest BCUT2D eigenvalue weighted by Crippen LogP contribution is -2.36. The molecule has 112 valence electrons. The van der Waals surface area contributed by atoms with Crippen LogP contribution in [0.5, 0.6) is 0 Å². The van der Waals surface area contributed by atoms with Crippen molar-refractivity contribution in [2.24, 2.45) is 0 Å². The number of benzene rings is 1. The molecule has 1 aromatic rings. The Balaban J connectivity index is 1.69. The number of aliphatic hydroxyl groups is 1. The Morgan fingerprint density at radius 3 is 2.90 bits per heavy atom. The van der Waals surface area contributed by atoms with Crippen LogP contribution in [0.1, 0.15) is 31.2 Å². The maximum Gasteiger partial charge on any atom is 0.224 e. The molecule has 1 aliphatic heterocycles. The Bertz CT molecular complexity index is 516. The average Bonchev–Trinajstić information content (AvgIpc) is 2.49. The topological polar surface area (TPSA) is 76.4 Å². The van der Waals surface area contributed by atoms with E-state index in [4.69, 9.17) is 5.26 Å². The Morgan fingerprint density at radius 2 is 2.19 bits per heavy atom. The normalized spacial score (nSPS) is 16.4. The summed E-state index contributed by atoms with van der Waals surface area (Å²) in [6.07, 6.45) is 2.77. The van der Waals surface area contributed by atoms with E-state index < -0.39 is 0 Å². The largest absolute Gasteiger partial charge is 0.393 e. The fraction of sp³-hybridized carbons (Fsp3) is 0.500. The lowest BCUT2D eigenvalue weighted by molar-refractivity contribution is -0.116. The molecule has 1 aromatic carbocycles. The second-order valence-corrected chi connectivity index (χ2v) is 5.42. The second-order valence-electron chi connectivity index (χ2n) is 5.42. The summed E-state index contributed by atoms with van der Waals surface area (Å²) in [5.74, 6) is -0.0258. The van der Waals surface area contributed by atoms with Gasteiger partial charge in [-0.3, -0.25) is 4.79 Å². The van der Waals surface area contributed by atoms with Gasteiger partial charge in [0.05, 0.1) is 17.7 Å². The first-order chi connectivity index (χ1) is 10.2. The Morgan fingerprint density at radius 1 is 1.43 bits per heavy atom. The summed E-state index contributed by atoms with van der Waals surface area (Å²) >= 11 is 0. The average molecular weight is 287 g/mol. The lowest BCUT2D eigenvalue weighted by Gasteiger charge is -2.29. The van der Waals surface area contributed by atoms with Crippen molar-refractivity contribution in [3.63, 3.8) is 0 Å². The molecule has 0 bridgehead atoms. The first kappa shape index (κ1) is 15.5. The monoisotopic (exact) mass is 287 g/mol. The number of aliphatic hydroxyl groups excluding tert-OH is 1. The number of nitrogens with zero attached hydrogens (tertiary/aromatic N) is 2. The first-order valence-corrected chi connectivity index (χ1v) is 7.38. The van der Waals surface area contributed by atoms with Crippen molar-refractivity contribution >= 4 is 11.6 Å². The molecule has 5 heteroatoms. The summed E-state index contributed by atoms with van der Waals surface area (Å²) < 4.78 is 0. The molecule has 0 saturated carbocycles. The molecule has 2 N–H and O–H groups in total. The molecule has 0 spiro atoms. The number of amides is 1. The minimum atomic E-state index is -0.156. The van der Waals surface area contributed by atoms with E-state index in [9.17, 15) is 9.90 Å². The van der Waals surface area contributed by atoms with Crippen LogP contribution < -0.4 is 5.32 Å². The second kappa shape index (κ2) is 7.77. The van der Waals surface area contributed by atoms with E-state index in [-0.39, 0.29) is 12.0 Å². The third kappa shape index (κ3) is 5.18. The molecule has 21 heavy (non-hydrogen) atoms. The summed E-state index contributed by atoms with van der Waals surface area (Å²) in [5.41, 5.74) is 1.21. The van der Waals surface area contributed by atoms with Crippen molar-refractivity contribution in [3.8, 4) is 6.07 Å². The molecule has 0 atom stereocenters. The highest BCUT2D eigenvalue weighted by Gasteiger charge is 2.16. The molecule has 1 aliphatic rings. The minimum Gasteiger partial charge on any atom is -0.393 e. The molecule has 1 amide bonds. The Labute approximate surface area is 125 Å². The SMILES string of the molecule is N#Cc1cccc(NC(=O)CCCN2CCC(O)CC2)c1. The fourth-order valence-electron chi connectivity index (χ4n) is 2.50. The van der Waals surface area contributed by atoms with Gasteiger partial charge in [-0.15, -0.1) is 0 Å². The molecule has 2 rings (SSSR count). The maximum absolute atomic E-state index is 11.9. The van der Waals surface area contributed by atoms with Gasteiger partial charge < -0.3 is 15.3 Å². The van der Waals surface area contributed by atoms with Crippen LogP contribution >= 0.6 is 0 Å². The smallest absolute Gasteiger partial charge is 0.224 e. The zero-order valence-corrected chi connectivity index (χ0v) is 12.1. The maximum atomic E-state index is 11.9. The van der Waals surface area contributed by atoms with Crippen molar-refractivity contribution < 1.29 is 9.90 Å². The number of anilines is 1. The van der Waals surface area contributed by atoms with Gasteiger partial charge in [-0.05, 0) is 44.0 Å². The number of carbonyl (C=O) groups is 1. The summed E-state index contributed by atoms with van der Waals surface area (Å²) in [7, 11) is 0. The predicted molar refractivity (Wildman–Crippen MR) is 80.7 cm³/mol. The van der Waals surface area contributed by atoms with Crippen LogP contribution in [-0.4, -0.2) is 41.7 Å². The Kier molecular flexibility index (Phi) is 5.73. The summed E-state index contributed by atoms with van der Waals surface area (Å²) in [4.78, 5) is 14.1. The third-order valence-corrected chi connectivity index (χ3v) is 3.71. The molecule has 1 saturated heterocycles. The van der Waals surface area contributed by atoms with Gasteiger partial charge in [0.1, 0.15) is 0 Å². The molecule has 1 heterocycles. The van der Waals surface area contributed by atoms with Gasteiger partial charge in [0, 0.05) is 25.2 Å². The van der Waals surface area contributed by atoms with E-state index in [0.717, 1.165) is 38.9 Å². The summed E-state index contributed by atoms with van der Waals surface area (Å²) in [5, 5.41) is 21.1. The van der Waals surface area contributed by atoms with Gasteiger partial charge >= 0.3 is 0 Å². The highest BCUT2D eigenvalue weighted by atomic mass is 16.3. The van der Waals surface area contributed by atoms with Crippen LogP contribution in [-0.2, 0) is 4.79 Å². The van der Waals surface area contributed by atoms with Gasteiger partial charge in [0.2, 0.25) is 5.91 Å². The van der Waals surface area contributed by atoms with Gasteiger partial charge in [-0.2, -0.15) is 5.26 Å². The molecule has 0 aliphatic carbocycles. The van der Waals surface area contributed by atoms with Gasteiger partial charge in [0.15, 0.2) is 0 Å². The number of nitrogens with one attached hydrogen (secondary N) is 1. The summed E-state index contributed by atoms with van der Waals surface area (Å²) in [6, 6.07) is 8.97. The van der Waals surface area contributed by atoms with Crippen LogP contribution in [0.25, 0.3) is 0 Å². The zero-order chi connectivity index (χ0) is 15.1. The first-order valence-electron chi connectivity index (χ1n) is 7.38. The van der Waals surface area contributed by atoms with Crippen molar-refractivity contribution in [2.75, 3.05) is 25.0 Å². The molecular weight excluding hydrogens is 266 g/mol. The number of nitriles is 1. The molecule has 5 nitrogen and oxygen atoms in total. The number of hydrogen-bond acceptors (Lipinski definition) is 4. The highest BCUT2D eigenvalue weighted by molar-refractivity contribution is 5.90. The van der Waals surface area contributed by atoms with Crippen molar-refractivity contribution in [2.45, 2.75) is 31.8 Å². The molecular formula is C16H21N3O2. The molecule has 1 fully saturated rings.